The van der Waals surface area contributed by atoms with E-state index in [0.717, 1.165) is 5.39 Å². The van der Waals surface area contributed by atoms with Crippen LogP contribution < -0.4 is 4.74 Å². The summed E-state index contributed by atoms with van der Waals surface area (Å²) in [5.41, 5.74) is 0.261. The standard InChI is InChI=1S/C12H9BrO3/c1-16-10-6-9(13)11(12(14)15)8-5-3-2-4-7(8)10/h2-6H,1H3,(H,14,15). The lowest BCUT2D eigenvalue weighted by Gasteiger charge is -2.09. The molecule has 0 amide bonds. The van der Waals surface area contributed by atoms with Gasteiger partial charge in [-0.1, -0.05) is 24.3 Å². The van der Waals surface area contributed by atoms with Gasteiger partial charge in [0.15, 0.2) is 0 Å². The topological polar surface area (TPSA) is 46.5 Å². The summed E-state index contributed by atoms with van der Waals surface area (Å²) >= 11 is 3.25. The zero-order valence-electron chi connectivity index (χ0n) is 8.53. The number of fused-ring (bicyclic) bond motifs is 1. The minimum atomic E-state index is -0.953. The van der Waals surface area contributed by atoms with Crippen LogP contribution in [-0.2, 0) is 0 Å². The zero-order valence-corrected chi connectivity index (χ0v) is 10.1. The van der Waals surface area contributed by atoms with Crippen LogP contribution in [0.3, 0.4) is 0 Å². The fraction of sp³-hybridized carbons (Fsp3) is 0.0833. The third-order valence-corrected chi connectivity index (χ3v) is 3.02. The summed E-state index contributed by atoms with van der Waals surface area (Å²) in [6.07, 6.45) is 0. The van der Waals surface area contributed by atoms with Crippen molar-refractivity contribution >= 4 is 32.7 Å². The summed E-state index contributed by atoms with van der Waals surface area (Å²) < 4.78 is 5.74. The number of halogens is 1. The molecule has 0 aliphatic heterocycles. The summed E-state index contributed by atoms with van der Waals surface area (Å²) in [4.78, 5) is 11.2. The van der Waals surface area contributed by atoms with Gasteiger partial charge in [0.2, 0.25) is 0 Å². The van der Waals surface area contributed by atoms with E-state index in [1.165, 1.54) is 0 Å². The van der Waals surface area contributed by atoms with Crippen molar-refractivity contribution in [1.29, 1.82) is 0 Å². The van der Waals surface area contributed by atoms with Crippen molar-refractivity contribution in [1.82, 2.24) is 0 Å². The van der Waals surface area contributed by atoms with Crippen LogP contribution in [0.4, 0.5) is 0 Å². The number of rotatable bonds is 2. The van der Waals surface area contributed by atoms with E-state index < -0.39 is 5.97 Å². The van der Waals surface area contributed by atoms with Crippen LogP contribution in [0.2, 0.25) is 0 Å². The maximum absolute atomic E-state index is 11.2. The highest BCUT2D eigenvalue weighted by atomic mass is 79.9. The van der Waals surface area contributed by atoms with E-state index >= 15 is 0 Å². The third-order valence-electron chi connectivity index (χ3n) is 2.39. The Morgan fingerprint density at radius 2 is 1.94 bits per heavy atom. The van der Waals surface area contributed by atoms with Gasteiger partial charge in [0, 0.05) is 15.2 Å². The Morgan fingerprint density at radius 3 is 2.50 bits per heavy atom. The Kier molecular flexibility index (Phi) is 2.83. The van der Waals surface area contributed by atoms with Crippen molar-refractivity contribution in [2.45, 2.75) is 0 Å². The normalized spacial score (nSPS) is 10.4. The Balaban J connectivity index is 2.92. The number of carbonyl (C=O) groups is 1. The van der Waals surface area contributed by atoms with Gasteiger partial charge < -0.3 is 9.84 Å². The third kappa shape index (κ3) is 1.65. The Labute approximate surface area is 101 Å². The summed E-state index contributed by atoms with van der Waals surface area (Å²) in [5.74, 6) is -0.293. The van der Waals surface area contributed by atoms with E-state index in [1.54, 1.807) is 25.3 Å². The van der Waals surface area contributed by atoms with E-state index in [1.807, 2.05) is 12.1 Å². The molecular weight excluding hydrogens is 272 g/mol. The molecule has 16 heavy (non-hydrogen) atoms. The molecular formula is C12H9BrO3. The van der Waals surface area contributed by atoms with Gasteiger partial charge in [0.25, 0.3) is 0 Å². The van der Waals surface area contributed by atoms with Crippen LogP contribution in [0.15, 0.2) is 34.8 Å². The van der Waals surface area contributed by atoms with Crippen LogP contribution in [0.5, 0.6) is 5.75 Å². The predicted octanol–water partition coefficient (Wildman–Crippen LogP) is 3.31. The van der Waals surface area contributed by atoms with Crippen molar-refractivity contribution in [2.24, 2.45) is 0 Å². The number of hydrogen-bond donors (Lipinski definition) is 1. The number of hydrogen-bond acceptors (Lipinski definition) is 2. The van der Waals surface area contributed by atoms with Crippen LogP contribution >= 0.6 is 15.9 Å². The van der Waals surface area contributed by atoms with Crippen molar-refractivity contribution in [3.8, 4) is 5.75 Å². The van der Waals surface area contributed by atoms with E-state index in [2.05, 4.69) is 15.9 Å². The number of benzene rings is 2. The first-order valence-electron chi connectivity index (χ1n) is 4.63. The van der Waals surface area contributed by atoms with E-state index in [4.69, 9.17) is 9.84 Å². The second kappa shape index (κ2) is 4.14. The second-order valence-corrected chi connectivity index (χ2v) is 4.14. The van der Waals surface area contributed by atoms with Gasteiger partial charge in [-0.15, -0.1) is 0 Å². The maximum atomic E-state index is 11.2. The van der Waals surface area contributed by atoms with Gasteiger partial charge in [-0.05, 0) is 22.0 Å². The molecule has 3 nitrogen and oxygen atoms in total. The van der Waals surface area contributed by atoms with Gasteiger partial charge in [-0.3, -0.25) is 0 Å². The average Bonchev–Trinajstić information content (AvgIpc) is 2.27. The van der Waals surface area contributed by atoms with Gasteiger partial charge >= 0.3 is 5.97 Å². The molecule has 82 valence electrons. The number of methoxy groups -OCH3 is 1. The molecule has 0 saturated heterocycles. The zero-order chi connectivity index (χ0) is 11.7. The number of ether oxygens (including phenoxy) is 1. The lowest BCUT2D eigenvalue weighted by Crippen LogP contribution is -2.00. The summed E-state index contributed by atoms with van der Waals surface area (Å²) in [7, 11) is 1.56. The molecule has 1 N–H and O–H groups in total. The minimum absolute atomic E-state index is 0.261. The largest absolute Gasteiger partial charge is 0.496 e. The lowest BCUT2D eigenvalue weighted by atomic mass is 10.0. The molecule has 0 bridgehead atoms. The summed E-state index contributed by atoms with van der Waals surface area (Å²) in [6, 6.07) is 8.94. The van der Waals surface area contributed by atoms with Crippen molar-refractivity contribution in [2.75, 3.05) is 7.11 Å². The molecule has 0 spiro atoms. The van der Waals surface area contributed by atoms with Gasteiger partial charge in [0.1, 0.15) is 5.75 Å². The molecule has 2 aromatic rings. The first kappa shape index (κ1) is 11.0. The van der Waals surface area contributed by atoms with E-state index in [0.29, 0.717) is 15.6 Å². The van der Waals surface area contributed by atoms with Crippen LogP contribution in [0.25, 0.3) is 10.8 Å². The van der Waals surface area contributed by atoms with E-state index in [-0.39, 0.29) is 5.56 Å². The molecule has 0 atom stereocenters. The fourth-order valence-corrected chi connectivity index (χ4v) is 2.29. The van der Waals surface area contributed by atoms with Crippen LogP contribution in [0, 0.1) is 0 Å². The molecule has 0 aliphatic rings. The average molecular weight is 281 g/mol. The lowest BCUT2D eigenvalue weighted by molar-refractivity contribution is 0.0698. The number of carboxylic acids is 1. The van der Waals surface area contributed by atoms with Gasteiger partial charge in [0.05, 0.1) is 12.7 Å². The predicted molar refractivity (Wildman–Crippen MR) is 65.2 cm³/mol. The smallest absolute Gasteiger partial charge is 0.337 e. The molecule has 0 heterocycles. The molecule has 0 unspecified atom stereocenters. The molecule has 0 radical (unpaired) electrons. The quantitative estimate of drug-likeness (QED) is 0.918. The Hall–Kier alpha value is -1.55. The Bertz CT molecular complexity index is 563. The van der Waals surface area contributed by atoms with Gasteiger partial charge in [-0.25, -0.2) is 4.79 Å². The highest BCUT2D eigenvalue weighted by Crippen LogP contribution is 2.34. The van der Waals surface area contributed by atoms with E-state index in [9.17, 15) is 4.79 Å². The summed E-state index contributed by atoms with van der Waals surface area (Å²) in [5, 5.41) is 10.6. The molecule has 2 aromatic carbocycles. The second-order valence-electron chi connectivity index (χ2n) is 3.29. The SMILES string of the molecule is COc1cc(Br)c(C(=O)O)c2ccccc12. The molecule has 0 aromatic heterocycles. The Morgan fingerprint density at radius 1 is 1.31 bits per heavy atom. The van der Waals surface area contributed by atoms with Gasteiger partial charge in [-0.2, -0.15) is 0 Å². The molecule has 4 heteroatoms. The molecule has 0 saturated carbocycles. The highest BCUT2D eigenvalue weighted by molar-refractivity contribution is 9.10. The monoisotopic (exact) mass is 280 g/mol. The maximum Gasteiger partial charge on any atom is 0.337 e. The van der Waals surface area contributed by atoms with Crippen LogP contribution in [-0.4, -0.2) is 18.2 Å². The highest BCUT2D eigenvalue weighted by Gasteiger charge is 2.15. The fourth-order valence-electron chi connectivity index (χ4n) is 1.70. The van der Waals surface area contributed by atoms with Crippen molar-refractivity contribution < 1.29 is 14.6 Å². The summed E-state index contributed by atoms with van der Waals surface area (Å²) in [6.45, 7) is 0. The van der Waals surface area contributed by atoms with Crippen molar-refractivity contribution in [3.05, 3.63) is 40.4 Å². The number of aromatic carboxylic acids is 1. The minimum Gasteiger partial charge on any atom is -0.496 e. The number of carboxylic acid groups (broad SMARTS) is 1. The molecule has 0 aliphatic carbocycles. The van der Waals surface area contributed by atoms with Crippen LogP contribution in [0.1, 0.15) is 10.4 Å². The first-order valence-corrected chi connectivity index (χ1v) is 5.43. The molecule has 2 rings (SSSR count). The first-order chi connectivity index (χ1) is 7.65. The molecule has 0 fully saturated rings. The van der Waals surface area contributed by atoms with Crippen molar-refractivity contribution in [3.63, 3.8) is 0 Å².